The minimum atomic E-state index is -0.947. The van der Waals surface area contributed by atoms with Gasteiger partial charge in [-0.05, 0) is 17.7 Å². The van der Waals surface area contributed by atoms with Crippen LogP contribution in [0.15, 0.2) is 24.3 Å². The first-order valence-corrected chi connectivity index (χ1v) is 4.82. The third kappa shape index (κ3) is 3.22. The van der Waals surface area contributed by atoms with Crippen molar-refractivity contribution in [2.75, 3.05) is 14.2 Å². The molecule has 2 N–H and O–H groups in total. The molecule has 1 unspecified atom stereocenters. The number of hydrogen-bond donors (Lipinski definition) is 2. The predicted octanol–water partition coefficient (Wildman–Crippen LogP) is 0.966. The van der Waals surface area contributed by atoms with Gasteiger partial charge in [0.2, 0.25) is 5.91 Å². The maximum absolute atomic E-state index is 11.2. The molecule has 1 atom stereocenters. The minimum absolute atomic E-state index is 0.167. The fourth-order valence-corrected chi connectivity index (χ4v) is 1.26. The van der Waals surface area contributed by atoms with Gasteiger partial charge in [-0.2, -0.15) is 0 Å². The van der Waals surface area contributed by atoms with Crippen LogP contribution in [0.4, 0.5) is 0 Å². The molecule has 5 heteroatoms. The van der Waals surface area contributed by atoms with Gasteiger partial charge >= 0.3 is 0 Å². The summed E-state index contributed by atoms with van der Waals surface area (Å²) in [4.78, 5) is 11.2. The van der Waals surface area contributed by atoms with E-state index >= 15 is 0 Å². The number of carbonyl (C=O) groups is 1. The standard InChI is InChI=1S/C11H15NO4/c1-12(15)11(14)7-10(13)8-4-3-5-9(6-8)16-2/h3-6,10,13,15H,7H2,1-2H3. The third-order valence-electron chi connectivity index (χ3n) is 2.21. The number of carbonyl (C=O) groups excluding carboxylic acids is 1. The van der Waals surface area contributed by atoms with E-state index in [4.69, 9.17) is 9.94 Å². The first-order chi connectivity index (χ1) is 7.54. The Kier molecular flexibility index (Phi) is 4.28. The molecule has 1 aromatic carbocycles. The summed E-state index contributed by atoms with van der Waals surface area (Å²) < 4.78 is 5.00. The SMILES string of the molecule is COc1cccc(C(O)CC(=O)N(C)O)c1. The van der Waals surface area contributed by atoms with Crippen LogP contribution in [0.3, 0.4) is 0 Å². The average Bonchev–Trinajstić information content (AvgIpc) is 2.28. The lowest BCUT2D eigenvalue weighted by Crippen LogP contribution is -2.24. The van der Waals surface area contributed by atoms with Crippen LogP contribution in [0.2, 0.25) is 0 Å². The van der Waals surface area contributed by atoms with Crippen LogP contribution in [0.1, 0.15) is 18.1 Å². The molecule has 0 radical (unpaired) electrons. The molecule has 5 nitrogen and oxygen atoms in total. The molecule has 0 saturated heterocycles. The highest BCUT2D eigenvalue weighted by Crippen LogP contribution is 2.21. The van der Waals surface area contributed by atoms with Crippen LogP contribution < -0.4 is 4.74 Å². The molecule has 1 aromatic rings. The zero-order chi connectivity index (χ0) is 12.1. The molecule has 0 aliphatic rings. The smallest absolute Gasteiger partial charge is 0.248 e. The quantitative estimate of drug-likeness (QED) is 0.591. The number of amides is 1. The van der Waals surface area contributed by atoms with E-state index in [2.05, 4.69) is 0 Å². The Bertz CT molecular complexity index is 365. The van der Waals surface area contributed by atoms with Crippen molar-refractivity contribution < 1.29 is 19.8 Å². The first kappa shape index (κ1) is 12.5. The molecule has 1 rings (SSSR count). The van der Waals surface area contributed by atoms with Crippen molar-refractivity contribution in [1.82, 2.24) is 5.06 Å². The lowest BCUT2D eigenvalue weighted by molar-refractivity contribution is -0.161. The molecule has 0 fully saturated rings. The number of nitrogens with zero attached hydrogens (tertiary/aromatic N) is 1. The van der Waals surface area contributed by atoms with E-state index in [1.54, 1.807) is 24.3 Å². The lowest BCUT2D eigenvalue weighted by Gasteiger charge is -2.14. The molecule has 0 aliphatic carbocycles. The Labute approximate surface area is 93.8 Å². The van der Waals surface area contributed by atoms with E-state index < -0.39 is 12.0 Å². The van der Waals surface area contributed by atoms with Gasteiger partial charge in [0.1, 0.15) is 5.75 Å². The van der Waals surface area contributed by atoms with Gasteiger partial charge in [0.15, 0.2) is 0 Å². The number of methoxy groups -OCH3 is 1. The number of rotatable bonds is 4. The number of benzene rings is 1. The predicted molar refractivity (Wildman–Crippen MR) is 57.1 cm³/mol. The zero-order valence-electron chi connectivity index (χ0n) is 9.25. The Morgan fingerprint density at radius 2 is 2.25 bits per heavy atom. The topological polar surface area (TPSA) is 70.0 Å². The highest BCUT2D eigenvalue weighted by Gasteiger charge is 2.15. The second-order valence-electron chi connectivity index (χ2n) is 3.41. The molecule has 0 aliphatic heterocycles. The first-order valence-electron chi connectivity index (χ1n) is 4.82. The van der Waals surface area contributed by atoms with E-state index in [9.17, 15) is 9.90 Å². The molecule has 0 spiro atoms. The monoisotopic (exact) mass is 225 g/mol. The Morgan fingerprint density at radius 1 is 1.56 bits per heavy atom. The lowest BCUT2D eigenvalue weighted by atomic mass is 10.1. The number of hydroxylamine groups is 2. The molecule has 0 bridgehead atoms. The van der Waals surface area contributed by atoms with Crippen LogP contribution in [-0.2, 0) is 4.79 Å². The molecule has 0 saturated carbocycles. The van der Waals surface area contributed by atoms with Gasteiger partial charge in [-0.1, -0.05) is 12.1 Å². The fourth-order valence-electron chi connectivity index (χ4n) is 1.26. The summed E-state index contributed by atoms with van der Waals surface area (Å²) in [5.74, 6) is 0.0664. The van der Waals surface area contributed by atoms with Crippen LogP contribution in [0.25, 0.3) is 0 Å². The van der Waals surface area contributed by atoms with E-state index in [0.29, 0.717) is 16.4 Å². The molecule has 88 valence electrons. The summed E-state index contributed by atoms with van der Waals surface area (Å²) in [7, 11) is 2.75. The van der Waals surface area contributed by atoms with Crippen molar-refractivity contribution in [2.45, 2.75) is 12.5 Å². The van der Waals surface area contributed by atoms with Gasteiger partial charge in [0, 0.05) is 7.05 Å². The van der Waals surface area contributed by atoms with Gasteiger partial charge in [-0.25, -0.2) is 5.06 Å². The largest absolute Gasteiger partial charge is 0.497 e. The maximum Gasteiger partial charge on any atom is 0.248 e. The van der Waals surface area contributed by atoms with E-state index in [0.717, 1.165) is 0 Å². The summed E-state index contributed by atoms with van der Waals surface area (Å²) in [5.41, 5.74) is 0.578. The molecule has 1 amide bonds. The summed E-state index contributed by atoms with van der Waals surface area (Å²) in [6.07, 6.45) is -1.11. The van der Waals surface area contributed by atoms with Gasteiger partial charge in [0.25, 0.3) is 0 Å². The van der Waals surface area contributed by atoms with Crippen molar-refractivity contribution in [3.63, 3.8) is 0 Å². The number of aliphatic hydroxyl groups is 1. The van der Waals surface area contributed by atoms with Crippen molar-refractivity contribution in [3.05, 3.63) is 29.8 Å². The average molecular weight is 225 g/mol. The van der Waals surface area contributed by atoms with Gasteiger partial charge < -0.3 is 9.84 Å². The molecule has 0 heterocycles. The minimum Gasteiger partial charge on any atom is -0.497 e. The maximum atomic E-state index is 11.2. The second kappa shape index (κ2) is 5.48. The highest BCUT2D eigenvalue weighted by atomic mass is 16.5. The Balaban J connectivity index is 2.72. The van der Waals surface area contributed by atoms with E-state index in [1.165, 1.54) is 14.2 Å². The Morgan fingerprint density at radius 3 is 2.81 bits per heavy atom. The van der Waals surface area contributed by atoms with Gasteiger partial charge in [-0.15, -0.1) is 0 Å². The van der Waals surface area contributed by atoms with Gasteiger partial charge in [-0.3, -0.25) is 10.0 Å². The summed E-state index contributed by atoms with van der Waals surface area (Å²) in [5, 5.41) is 19.1. The van der Waals surface area contributed by atoms with Crippen molar-refractivity contribution >= 4 is 5.91 Å². The van der Waals surface area contributed by atoms with Crippen LogP contribution in [0.5, 0.6) is 5.75 Å². The summed E-state index contributed by atoms with van der Waals surface area (Å²) >= 11 is 0. The molecular formula is C11H15NO4. The molecule has 16 heavy (non-hydrogen) atoms. The number of ether oxygens (including phenoxy) is 1. The van der Waals surface area contributed by atoms with Crippen LogP contribution in [-0.4, -0.2) is 35.4 Å². The number of hydrogen-bond acceptors (Lipinski definition) is 4. The van der Waals surface area contributed by atoms with Crippen molar-refractivity contribution in [1.29, 1.82) is 0 Å². The van der Waals surface area contributed by atoms with Crippen LogP contribution in [0, 0.1) is 0 Å². The third-order valence-corrected chi connectivity index (χ3v) is 2.21. The molecular weight excluding hydrogens is 210 g/mol. The normalized spacial score (nSPS) is 12.0. The van der Waals surface area contributed by atoms with Crippen molar-refractivity contribution in [2.24, 2.45) is 0 Å². The van der Waals surface area contributed by atoms with Crippen molar-refractivity contribution in [3.8, 4) is 5.75 Å². The second-order valence-corrected chi connectivity index (χ2v) is 3.41. The van der Waals surface area contributed by atoms with E-state index in [1.807, 2.05) is 0 Å². The molecule has 0 aromatic heterocycles. The summed E-state index contributed by atoms with van der Waals surface area (Å²) in [6, 6.07) is 6.81. The van der Waals surface area contributed by atoms with E-state index in [-0.39, 0.29) is 6.42 Å². The highest BCUT2D eigenvalue weighted by molar-refractivity contribution is 5.75. The number of aliphatic hydroxyl groups excluding tert-OH is 1. The van der Waals surface area contributed by atoms with Gasteiger partial charge in [0.05, 0.1) is 19.6 Å². The summed E-state index contributed by atoms with van der Waals surface area (Å²) in [6.45, 7) is 0. The fraction of sp³-hybridized carbons (Fsp3) is 0.364. The van der Waals surface area contributed by atoms with Crippen LogP contribution >= 0.6 is 0 Å². The Hall–Kier alpha value is -1.59. The zero-order valence-corrected chi connectivity index (χ0v) is 9.25.